The quantitative estimate of drug-likeness (QED) is 0.818. The van der Waals surface area contributed by atoms with Gasteiger partial charge in [-0.15, -0.1) is 0 Å². The third-order valence-corrected chi connectivity index (χ3v) is 3.84. The Kier molecular flexibility index (Phi) is 3.07. The first-order chi connectivity index (χ1) is 9.15. The molecule has 0 spiro atoms. The molecule has 3 rings (SSSR count). The average Bonchev–Trinajstić information content (AvgIpc) is 2.78. The van der Waals surface area contributed by atoms with Crippen LogP contribution in [0.1, 0.15) is 29.3 Å². The van der Waals surface area contributed by atoms with E-state index in [1.54, 1.807) is 12.1 Å². The van der Waals surface area contributed by atoms with Gasteiger partial charge in [-0.05, 0) is 49.1 Å². The Morgan fingerprint density at radius 2 is 2.16 bits per heavy atom. The summed E-state index contributed by atoms with van der Waals surface area (Å²) in [7, 11) is 0. The van der Waals surface area contributed by atoms with Crippen LogP contribution in [0.5, 0.6) is 5.75 Å². The molecule has 1 aliphatic rings. The molecule has 1 aliphatic carbocycles. The lowest BCUT2D eigenvalue weighted by Crippen LogP contribution is -2.08. The maximum atomic E-state index is 9.85. The lowest BCUT2D eigenvalue weighted by Gasteiger charge is -2.17. The van der Waals surface area contributed by atoms with Crippen molar-refractivity contribution in [1.29, 1.82) is 0 Å². The van der Waals surface area contributed by atoms with Gasteiger partial charge in [0, 0.05) is 0 Å². The molecule has 0 aliphatic heterocycles. The molecule has 0 saturated carbocycles. The lowest BCUT2D eigenvalue weighted by molar-refractivity contribution is 0.469. The zero-order valence-corrected chi connectivity index (χ0v) is 11.4. The molecule has 1 atom stereocenters. The van der Waals surface area contributed by atoms with Crippen LogP contribution >= 0.6 is 11.6 Å². The van der Waals surface area contributed by atoms with Gasteiger partial charge in [-0.1, -0.05) is 23.7 Å². The lowest BCUT2D eigenvalue weighted by atomic mass is 10.1. The maximum absolute atomic E-state index is 9.85. The zero-order valence-electron chi connectivity index (χ0n) is 10.7. The number of aromatic hydroxyl groups is 1. The van der Waals surface area contributed by atoms with Crippen LogP contribution in [0.3, 0.4) is 0 Å². The molecule has 1 aromatic heterocycles. The monoisotopic (exact) mass is 274 g/mol. The van der Waals surface area contributed by atoms with E-state index in [0.717, 1.165) is 29.8 Å². The molecule has 2 aromatic rings. The molecule has 1 aromatic carbocycles. The summed E-state index contributed by atoms with van der Waals surface area (Å²) in [6, 6.07) is 9.67. The highest BCUT2D eigenvalue weighted by Crippen LogP contribution is 2.38. The Bertz CT molecular complexity index is 628. The fourth-order valence-electron chi connectivity index (χ4n) is 2.66. The van der Waals surface area contributed by atoms with Gasteiger partial charge in [-0.2, -0.15) is 0 Å². The van der Waals surface area contributed by atoms with Gasteiger partial charge in [0.05, 0.1) is 17.4 Å². The van der Waals surface area contributed by atoms with Crippen molar-refractivity contribution in [2.45, 2.75) is 25.8 Å². The van der Waals surface area contributed by atoms with Gasteiger partial charge in [0.2, 0.25) is 0 Å². The third kappa shape index (κ3) is 2.26. The number of rotatable bonds is 2. The number of anilines is 1. The first-order valence-electron chi connectivity index (χ1n) is 6.35. The Morgan fingerprint density at radius 1 is 1.32 bits per heavy atom. The number of benzene rings is 1. The van der Waals surface area contributed by atoms with Crippen molar-refractivity contribution in [3.8, 4) is 5.75 Å². The van der Waals surface area contributed by atoms with Crippen molar-refractivity contribution in [2.24, 2.45) is 0 Å². The number of phenolic OH excluding ortho intramolecular Hbond substituents is 1. The van der Waals surface area contributed by atoms with Gasteiger partial charge in [-0.3, -0.25) is 0 Å². The summed E-state index contributed by atoms with van der Waals surface area (Å²) < 4.78 is 0. The van der Waals surface area contributed by atoms with Gasteiger partial charge in [0.1, 0.15) is 10.9 Å². The fourth-order valence-corrected chi connectivity index (χ4v) is 2.85. The highest BCUT2D eigenvalue weighted by Gasteiger charge is 2.24. The molecule has 0 radical (unpaired) electrons. The van der Waals surface area contributed by atoms with E-state index >= 15 is 0 Å². The fraction of sp³-hybridized carbons (Fsp3) is 0.267. The average molecular weight is 275 g/mol. The molecule has 2 N–H and O–H groups in total. The van der Waals surface area contributed by atoms with Crippen LogP contribution in [-0.4, -0.2) is 10.1 Å². The Labute approximate surface area is 117 Å². The Morgan fingerprint density at radius 3 is 2.95 bits per heavy atom. The molecular formula is C15H15ClN2O. The summed E-state index contributed by atoms with van der Waals surface area (Å²) in [5.41, 5.74) is 4.11. The van der Waals surface area contributed by atoms with Crippen LogP contribution in [0.2, 0.25) is 5.15 Å². The summed E-state index contributed by atoms with van der Waals surface area (Å²) in [5, 5.41) is 13.8. The molecule has 1 heterocycles. The van der Waals surface area contributed by atoms with E-state index in [-0.39, 0.29) is 6.04 Å². The van der Waals surface area contributed by atoms with E-state index in [1.807, 2.05) is 19.1 Å². The minimum absolute atomic E-state index is 0.226. The molecule has 19 heavy (non-hydrogen) atoms. The largest absolute Gasteiger partial charge is 0.508 e. The number of aryl methyl sites for hydroxylation is 1. The second kappa shape index (κ2) is 4.74. The van der Waals surface area contributed by atoms with Crippen LogP contribution in [0.15, 0.2) is 30.3 Å². The second-order valence-electron chi connectivity index (χ2n) is 4.85. The van der Waals surface area contributed by atoms with Crippen LogP contribution in [0, 0.1) is 6.92 Å². The predicted octanol–water partition coefficient (Wildman–Crippen LogP) is 3.85. The van der Waals surface area contributed by atoms with Crippen molar-refractivity contribution in [3.05, 3.63) is 52.3 Å². The molecule has 98 valence electrons. The highest BCUT2D eigenvalue weighted by atomic mass is 35.5. The summed E-state index contributed by atoms with van der Waals surface area (Å²) in [4.78, 5) is 4.24. The minimum Gasteiger partial charge on any atom is -0.508 e. The smallest absolute Gasteiger partial charge is 0.129 e. The van der Waals surface area contributed by atoms with Crippen LogP contribution in [0.4, 0.5) is 5.69 Å². The number of phenols is 1. The van der Waals surface area contributed by atoms with E-state index in [9.17, 15) is 5.11 Å². The summed E-state index contributed by atoms with van der Waals surface area (Å²) in [5.74, 6) is 0.396. The van der Waals surface area contributed by atoms with Crippen molar-refractivity contribution in [2.75, 3.05) is 5.32 Å². The topological polar surface area (TPSA) is 45.2 Å². The molecule has 3 nitrogen and oxygen atoms in total. The van der Waals surface area contributed by atoms with E-state index in [1.165, 1.54) is 5.56 Å². The molecule has 0 saturated heterocycles. The van der Waals surface area contributed by atoms with E-state index in [0.29, 0.717) is 10.9 Å². The number of fused-ring (bicyclic) bond motifs is 1. The number of hydrogen-bond donors (Lipinski definition) is 2. The number of nitrogens with zero attached hydrogens (tertiary/aromatic N) is 1. The van der Waals surface area contributed by atoms with E-state index in [2.05, 4.69) is 16.4 Å². The highest BCUT2D eigenvalue weighted by molar-refractivity contribution is 6.29. The standard InChI is InChI=1S/C15H15ClN2O/c1-9-12(7-8-15(16)17-9)18-13-6-5-11-10(13)3-2-4-14(11)19/h2-4,7-8,13,18-19H,5-6H2,1H3. The first kappa shape index (κ1) is 12.3. The van der Waals surface area contributed by atoms with Gasteiger partial charge in [-0.25, -0.2) is 4.98 Å². The van der Waals surface area contributed by atoms with E-state index in [4.69, 9.17) is 11.6 Å². The second-order valence-corrected chi connectivity index (χ2v) is 5.23. The number of nitrogens with one attached hydrogen (secondary N) is 1. The Balaban J connectivity index is 1.89. The maximum Gasteiger partial charge on any atom is 0.129 e. The van der Waals surface area contributed by atoms with Crippen molar-refractivity contribution in [1.82, 2.24) is 4.98 Å². The normalized spacial score (nSPS) is 17.3. The summed E-state index contributed by atoms with van der Waals surface area (Å²) >= 11 is 5.86. The third-order valence-electron chi connectivity index (χ3n) is 3.63. The molecular weight excluding hydrogens is 260 g/mol. The number of hydrogen-bond acceptors (Lipinski definition) is 3. The van der Waals surface area contributed by atoms with Crippen LogP contribution < -0.4 is 5.32 Å². The number of halogens is 1. The predicted molar refractivity (Wildman–Crippen MR) is 76.8 cm³/mol. The van der Waals surface area contributed by atoms with Gasteiger partial charge >= 0.3 is 0 Å². The molecule has 0 bridgehead atoms. The van der Waals surface area contributed by atoms with Crippen LogP contribution in [0.25, 0.3) is 0 Å². The molecule has 0 fully saturated rings. The van der Waals surface area contributed by atoms with Crippen molar-refractivity contribution >= 4 is 17.3 Å². The zero-order chi connectivity index (χ0) is 13.4. The van der Waals surface area contributed by atoms with E-state index < -0.39 is 0 Å². The van der Waals surface area contributed by atoms with Crippen molar-refractivity contribution < 1.29 is 5.11 Å². The van der Waals surface area contributed by atoms with Crippen LogP contribution in [-0.2, 0) is 6.42 Å². The first-order valence-corrected chi connectivity index (χ1v) is 6.73. The summed E-state index contributed by atoms with van der Waals surface area (Å²) in [6.45, 7) is 1.94. The Hall–Kier alpha value is -1.74. The number of pyridine rings is 1. The van der Waals surface area contributed by atoms with Gasteiger partial charge < -0.3 is 10.4 Å². The summed E-state index contributed by atoms with van der Waals surface area (Å²) in [6.07, 6.45) is 1.88. The number of aromatic nitrogens is 1. The molecule has 4 heteroatoms. The van der Waals surface area contributed by atoms with Gasteiger partial charge in [0.15, 0.2) is 0 Å². The van der Waals surface area contributed by atoms with Gasteiger partial charge in [0.25, 0.3) is 0 Å². The minimum atomic E-state index is 0.226. The molecule has 0 amide bonds. The molecule has 1 unspecified atom stereocenters. The SMILES string of the molecule is Cc1nc(Cl)ccc1NC1CCc2c(O)cccc21. The van der Waals surface area contributed by atoms with Crippen molar-refractivity contribution in [3.63, 3.8) is 0 Å².